The number of nitrogens with one attached hydrogen (secondary N) is 1. The van der Waals surface area contributed by atoms with E-state index in [0.717, 1.165) is 37.3 Å². The average molecular weight is 541 g/mol. The molecule has 0 amide bonds. The minimum absolute atomic E-state index is 0.0872. The van der Waals surface area contributed by atoms with Gasteiger partial charge in [-0.05, 0) is 79.4 Å². The molecule has 0 spiro atoms. The highest BCUT2D eigenvalue weighted by Gasteiger charge is 2.22. The largest absolute Gasteiger partial charge is 0.381 e. The number of pyridine rings is 1. The molecule has 40 heavy (non-hydrogen) atoms. The SMILES string of the molecule is COC1CCC(N=c2cc3n(-c4ccc(F)c(F)c4)c4ccccc4nc-3cc2Nc2ccc(N=O)cn2)CC1. The molecule has 1 saturated carbocycles. The molecule has 1 aromatic heterocycles. The fourth-order valence-electron chi connectivity index (χ4n) is 5.21. The lowest BCUT2D eigenvalue weighted by Crippen LogP contribution is -2.25. The number of ether oxygens (including phenoxy) is 1. The number of rotatable bonds is 6. The van der Waals surface area contributed by atoms with E-state index in [1.165, 1.54) is 12.3 Å². The van der Waals surface area contributed by atoms with Crippen LogP contribution < -0.4 is 10.7 Å². The van der Waals surface area contributed by atoms with Crippen molar-refractivity contribution in [1.82, 2.24) is 14.5 Å². The van der Waals surface area contributed by atoms with E-state index in [-0.39, 0.29) is 17.8 Å². The first-order chi connectivity index (χ1) is 19.5. The summed E-state index contributed by atoms with van der Waals surface area (Å²) in [6, 6.07) is 18.5. The second-order valence-corrected chi connectivity index (χ2v) is 9.81. The third kappa shape index (κ3) is 5.05. The van der Waals surface area contributed by atoms with Gasteiger partial charge < -0.3 is 14.6 Å². The van der Waals surface area contributed by atoms with Crippen molar-refractivity contribution in [3.8, 4) is 17.1 Å². The average Bonchev–Trinajstić information content (AvgIpc) is 2.98. The molecule has 1 fully saturated rings. The standard InChI is InChI=1S/C30H26F2N6O2/c1-40-21-10-6-18(7-11-21)34-26-16-29-27(15-25(26)36-30-13-8-19(37-39)17-33-30)35-24-4-2-3-5-28(24)38(29)20-9-12-22(31)23(32)14-20/h2-5,8-9,12-18,21H,6-7,10-11H2,1H3,(H,33,36). The van der Waals surface area contributed by atoms with Gasteiger partial charge in [0.2, 0.25) is 0 Å². The Balaban J connectivity index is 1.57. The predicted octanol–water partition coefficient (Wildman–Crippen LogP) is 6.80. The molecule has 0 unspecified atom stereocenters. The Hall–Kier alpha value is -4.57. The maximum absolute atomic E-state index is 14.4. The molecule has 6 rings (SSSR count). The second kappa shape index (κ2) is 10.9. The van der Waals surface area contributed by atoms with Crippen LogP contribution in [0.15, 0.2) is 83.1 Å². The summed E-state index contributed by atoms with van der Waals surface area (Å²) in [6.45, 7) is 0. The van der Waals surface area contributed by atoms with Gasteiger partial charge in [-0.3, -0.25) is 4.99 Å². The highest BCUT2D eigenvalue weighted by atomic mass is 19.2. The summed E-state index contributed by atoms with van der Waals surface area (Å²) in [4.78, 5) is 25.2. The number of hydrogen-bond acceptors (Lipinski definition) is 7. The monoisotopic (exact) mass is 540 g/mol. The molecular weight excluding hydrogens is 514 g/mol. The molecule has 8 nitrogen and oxygen atoms in total. The van der Waals surface area contributed by atoms with Crippen LogP contribution in [-0.4, -0.2) is 33.8 Å². The van der Waals surface area contributed by atoms with Crippen molar-refractivity contribution < 1.29 is 13.5 Å². The van der Waals surface area contributed by atoms with Gasteiger partial charge in [-0.1, -0.05) is 12.1 Å². The number of para-hydroxylation sites is 2. The zero-order valence-corrected chi connectivity index (χ0v) is 21.7. The van der Waals surface area contributed by atoms with Crippen LogP contribution in [-0.2, 0) is 4.74 Å². The third-order valence-corrected chi connectivity index (χ3v) is 7.27. The van der Waals surface area contributed by atoms with Gasteiger partial charge >= 0.3 is 0 Å². The van der Waals surface area contributed by atoms with Gasteiger partial charge in [0.05, 0.1) is 51.8 Å². The van der Waals surface area contributed by atoms with Gasteiger partial charge in [-0.25, -0.2) is 18.7 Å². The predicted molar refractivity (Wildman–Crippen MR) is 149 cm³/mol. The van der Waals surface area contributed by atoms with Crippen molar-refractivity contribution in [3.63, 3.8) is 0 Å². The summed E-state index contributed by atoms with van der Waals surface area (Å²) in [5.74, 6) is -1.33. The van der Waals surface area contributed by atoms with E-state index in [2.05, 4.69) is 15.5 Å². The summed E-state index contributed by atoms with van der Waals surface area (Å²) in [7, 11) is 1.74. The van der Waals surface area contributed by atoms with E-state index in [1.807, 2.05) is 41.0 Å². The number of hydrogen-bond donors (Lipinski definition) is 1. The Morgan fingerprint density at radius 3 is 2.52 bits per heavy atom. The maximum Gasteiger partial charge on any atom is 0.160 e. The van der Waals surface area contributed by atoms with E-state index >= 15 is 0 Å². The molecule has 10 heteroatoms. The smallest absolute Gasteiger partial charge is 0.160 e. The first-order valence-corrected chi connectivity index (χ1v) is 13.1. The normalized spacial score (nSPS) is 17.8. The van der Waals surface area contributed by atoms with Crippen LogP contribution in [0.1, 0.15) is 25.7 Å². The summed E-state index contributed by atoms with van der Waals surface area (Å²) in [5, 5.41) is 6.91. The van der Waals surface area contributed by atoms with E-state index in [0.29, 0.717) is 39.5 Å². The molecular formula is C30H26F2N6O2. The summed E-state index contributed by atoms with van der Waals surface area (Å²) in [5.41, 5.74) is 4.12. The van der Waals surface area contributed by atoms with Crippen molar-refractivity contribution in [2.45, 2.75) is 37.8 Å². The molecule has 2 aliphatic carbocycles. The molecule has 1 N–H and O–H groups in total. The van der Waals surface area contributed by atoms with Crippen LogP contribution in [0, 0.1) is 16.5 Å². The number of methoxy groups -OCH3 is 1. The summed E-state index contributed by atoms with van der Waals surface area (Å²) in [6.07, 6.45) is 5.23. The quantitative estimate of drug-likeness (QED) is 0.189. The fourth-order valence-corrected chi connectivity index (χ4v) is 5.21. The molecule has 3 aliphatic rings. The molecule has 0 bridgehead atoms. The first kappa shape index (κ1) is 25.7. The molecule has 2 heterocycles. The highest BCUT2D eigenvalue weighted by molar-refractivity contribution is 5.84. The van der Waals surface area contributed by atoms with E-state index in [9.17, 15) is 13.7 Å². The number of aromatic nitrogens is 3. The number of nitroso groups, excluding NO2 is 1. The van der Waals surface area contributed by atoms with Gasteiger partial charge in [0.1, 0.15) is 11.5 Å². The Morgan fingerprint density at radius 2 is 1.80 bits per heavy atom. The zero-order chi connectivity index (χ0) is 27.6. The number of halogens is 2. The first-order valence-electron chi connectivity index (χ1n) is 13.1. The lowest BCUT2D eigenvalue weighted by molar-refractivity contribution is 0.0663. The minimum Gasteiger partial charge on any atom is -0.381 e. The van der Waals surface area contributed by atoms with E-state index in [4.69, 9.17) is 14.7 Å². The molecule has 1 aliphatic heterocycles. The molecule has 0 atom stereocenters. The van der Waals surface area contributed by atoms with E-state index in [1.54, 1.807) is 25.3 Å². The second-order valence-electron chi connectivity index (χ2n) is 9.81. The lowest BCUT2D eigenvalue weighted by Gasteiger charge is -2.25. The van der Waals surface area contributed by atoms with Crippen molar-refractivity contribution in [3.05, 3.63) is 94.8 Å². The van der Waals surface area contributed by atoms with E-state index < -0.39 is 11.6 Å². The van der Waals surface area contributed by atoms with Gasteiger partial charge in [-0.15, -0.1) is 4.91 Å². The van der Waals surface area contributed by atoms with Gasteiger partial charge in [0.25, 0.3) is 0 Å². The van der Waals surface area contributed by atoms with Gasteiger partial charge in [0.15, 0.2) is 11.6 Å². The van der Waals surface area contributed by atoms with Crippen LogP contribution in [0.2, 0.25) is 0 Å². The van der Waals surface area contributed by atoms with Gasteiger partial charge in [0, 0.05) is 18.9 Å². The van der Waals surface area contributed by atoms with Crippen molar-refractivity contribution in [2.24, 2.45) is 10.2 Å². The fraction of sp³-hybridized carbons (Fsp3) is 0.233. The number of nitrogens with zero attached hydrogens (tertiary/aromatic N) is 5. The number of anilines is 2. The Bertz CT molecular complexity index is 1730. The number of fused-ring (bicyclic) bond motifs is 2. The minimum atomic E-state index is -0.934. The molecule has 202 valence electrons. The molecule has 0 radical (unpaired) electrons. The van der Waals surface area contributed by atoms with Gasteiger partial charge in [-0.2, -0.15) is 0 Å². The zero-order valence-electron chi connectivity index (χ0n) is 21.7. The van der Waals surface area contributed by atoms with Crippen LogP contribution in [0.25, 0.3) is 28.1 Å². The molecule has 2 aromatic carbocycles. The van der Waals surface area contributed by atoms with Crippen LogP contribution in [0.5, 0.6) is 0 Å². The van der Waals surface area contributed by atoms with Crippen molar-refractivity contribution in [2.75, 3.05) is 12.4 Å². The summed E-state index contributed by atoms with van der Waals surface area (Å²) >= 11 is 0. The Kier molecular flexibility index (Phi) is 7.00. The Morgan fingerprint density at radius 1 is 0.975 bits per heavy atom. The topological polar surface area (TPSA) is 93.8 Å². The molecule has 0 saturated heterocycles. The molecule has 3 aromatic rings. The van der Waals surface area contributed by atoms with Crippen LogP contribution in [0.4, 0.5) is 26.0 Å². The van der Waals surface area contributed by atoms with Crippen molar-refractivity contribution >= 4 is 28.2 Å². The Labute approximate surface area is 228 Å². The lowest BCUT2D eigenvalue weighted by atomic mass is 9.93. The highest BCUT2D eigenvalue weighted by Crippen LogP contribution is 2.31. The maximum atomic E-state index is 14.4. The third-order valence-electron chi connectivity index (χ3n) is 7.27. The van der Waals surface area contributed by atoms with Crippen LogP contribution >= 0.6 is 0 Å². The summed E-state index contributed by atoms with van der Waals surface area (Å²) < 4.78 is 35.7. The van der Waals surface area contributed by atoms with Crippen molar-refractivity contribution in [1.29, 1.82) is 0 Å². The van der Waals surface area contributed by atoms with Crippen LogP contribution in [0.3, 0.4) is 0 Å². The number of benzene rings is 3.